The van der Waals surface area contributed by atoms with Crippen LogP contribution >= 0.6 is 0 Å². The van der Waals surface area contributed by atoms with Crippen LogP contribution in [0.25, 0.3) is 0 Å². The van der Waals surface area contributed by atoms with E-state index in [2.05, 4.69) is 5.32 Å². The van der Waals surface area contributed by atoms with Gasteiger partial charge in [0.05, 0.1) is 24.2 Å². The third kappa shape index (κ3) is 2.00. The molecule has 2 fully saturated rings. The molecule has 2 unspecified atom stereocenters. The Kier molecular flexibility index (Phi) is 2.95. The average Bonchev–Trinajstić information content (AvgIpc) is 2.61. The van der Waals surface area contributed by atoms with Crippen molar-refractivity contribution in [3.8, 4) is 0 Å². The largest absolute Gasteiger partial charge is 0.394 e. The van der Waals surface area contributed by atoms with Crippen molar-refractivity contribution < 1.29 is 19.7 Å². The van der Waals surface area contributed by atoms with Crippen LogP contribution in [0.3, 0.4) is 0 Å². The highest BCUT2D eigenvalue weighted by Crippen LogP contribution is 2.34. The second-order valence-electron chi connectivity index (χ2n) is 4.39. The molecule has 0 aromatic carbocycles. The van der Waals surface area contributed by atoms with E-state index in [1.54, 1.807) is 0 Å². The molecule has 1 amide bonds. The number of nitrogens with one attached hydrogen (secondary N) is 1. The molecular weight excluding hydrogens is 198 g/mol. The zero-order valence-corrected chi connectivity index (χ0v) is 8.61. The monoisotopic (exact) mass is 215 g/mol. The number of hydrogen-bond acceptors (Lipinski definition) is 4. The fourth-order valence-electron chi connectivity index (χ4n) is 2.41. The normalized spacial score (nSPS) is 35.2. The summed E-state index contributed by atoms with van der Waals surface area (Å²) in [6.07, 6.45) is 1.53. The number of ether oxygens (including phenoxy) is 1. The van der Waals surface area contributed by atoms with E-state index in [1.807, 2.05) is 0 Å². The third-order valence-corrected chi connectivity index (χ3v) is 3.41. The molecule has 0 aliphatic carbocycles. The summed E-state index contributed by atoms with van der Waals surface area (Å²) in [5.74, 6) is -0.531. The predicted molar refractivity (Wildman–Crippen MR) is 52.1 cm³/mol. The maximum absolute atomic E-state index is 11.6. The Morgan fingerprint density at radius 3 is 2.67 bits per heavy atom. The lowest BCUT2D eigenvalue weighted by Crippen LogP contribution is -2.46. The summed E-state index contributed by atoms with van der Waals surface area (Å²) >= 11 is 0. The molecule has 2 aliphatic rings. The molecule has 0 saturated carbocycles. The Morgan fingerprint density at radius 1 is 1.47 bits per heavy atom. The van der Waals surface area contributed by atoms with Crippen LogP contribution in [0.1, 0.15) is 19.3 Å². The second-order valence-corrected chi connectivity index (χ2v) is 4.39. The molecule has 3 N–H and O–H groups in total. The summed E-state index contributed by atoms with van der Waals surface area (Å²) in [6.45, 7) is 0.947. The van der Waals surface area contributed by atoms with E-state index in [4.69, 9.17) is 9.84 Å². The fourth-order valence-corrected chi connectivity index (χ4v) is 2.41. The van der Waals surface area contributed by atoms with Crippen molar-refractivity contribution in [3.63, 3.8) is 0 Å². The molecule has 0 aromatic rings. The minimum Gasteiger partial charge on any atom is -0.394 e. The van der Waals surface area contributed by atoms with Crippen LogP contribution in [-0.4, -0.2) is 47.6 Å². The quantitative estimate of drug-likeness (QED) is 0.553. The SMILES string of the molecule is O=C1NC(CO)CC1C1(O)CCOCC1. The van der Waals surface area contributed by atoms with E-state index < -0.39 is 11.5 Å². The number of hydrogen-bond donors (Lipinski definition) is 3. The number of carbonyl (C=O) groups is 1. The predicted octanol–water partition coefficient (Wildman–Crippen LogP) is -0.975. The molecule has 2 aliphatic heterocycles. The average molecular weight is 215 g/mol. The van der Waals surface area contributed by atoms with Gasteiger partial charge in [-0.05, 0) is 6.42 Å². The van der Waals surface area contributed by atoms with Gasteiger partial charge in [0.15, 0.2) is 0 Å². The van der Waals surface area contributed by atoms with Crippen molar-refractivity contribution in [2.45, 2.75) is 30.9 Å². The van der Waals surface area contributed by atoms with Crippen LogP contribution < -0.4 is 5.32 Å². The van der Waals surface area contributed by atoms with E-state index in [-0.39, 0.29) is 18.6 Å². The molecule has 2 rings (SSSR count). The van der Waals surface area contributed by atoms with Gasteiger partial charge in [-0.15, -0.1) is 0 Å². The smallest absolute Gasteiger partial charge is 0.226 e. The third-order valence-electron chi connectivity index (χ3n) is 3.41. The van der Waals surface area contributed by atoms with Crippen molar-refractivity contribution >= 4 is 5.91 Å². The van der Waals surface area contributed by atoms with Gasteiger partial charge >= 0.3 is 0 Å². The summed E-state index contributed by atoms with van der Waals surface area (Å²) in [6, 6.07) is -0.200. The highest BCUT2D eigenvalue weighted by molar-refractivity contribution is 5.82. The van der Waals surface area contributed by atoms with E-state index in [0.29, 0.717) is 32.5 Å². The Hall–Kier alpha value is -0.650. The lowest BCUT2D eigenvalue weighted by atomic mass is 9.79. The van der Waals surface area contributed by atoms with Gasteiger partial charge in [-0.2, -0.15) is 0 Å². The molecule has 5 nitrogen and oxygen atoms in total. The minimum atomic E-state index is -0.938. The number of carbonyl (C=O) groups excluding carboxylic acids is 1. The molecular formula is C10H17NO4. The summed E-state index contributed by atoms with van der Waals surface area (Å²) in [5.41, 5.74) is -0.938. The molecule has 2 atom stereocenters. The first kappa shape index (κ1) is 10.9. The van der Waals surface area contributed by atoms with Gasteiger partial charge in [0, 0.05) is 26.1 Å². The van der Waals surface area contributed by atoms with E-state index in [0.717, 1.165) is 0 Å². The van der Waals surface area contributed by atoms with Crippen molar-refractivity contribution in [2.75, 3.05) is 19.8 Å². The Bertz CT molecular complexity index is 250. The molecule has 0 radical (unpaired) electrons. The number of amides is 1. The first-order chi connectivity index (χ1) is 7.15. The topological polar surface area (TPSA) is 78.8 Å². The highest BCUT2D eigenvalue weighted by atomic mass is 16.5. The van der Waals surface area contributed by atoms with E-state index in [9.17, 15) is 9.90 Å². The van der Waals surface area contributed by atoms with Crippen LogP contribution in [0.15, 0.2) is 0 Å². The number of rotatable bonds is 2. The highest BCUT2D eigenvalue weighted by Gasteiger charge is 2.47. The lowest BCUT2D eigenvalue weighted by molar-refractivity contribution is -0.139. The lowest BCUT2D eigenvalue weighted by Gasteiger charge is -2.35. The van der Waals surface area contributed by atoms with Gasteiger partial charge in [0.1, 0.15) is 0 Å². The summed E-state index contributed by atoms with van der Waals surface area (Å²) in [5, 5.41) is 22.0. The van der Waals surface area contributed by atoms with Crippen molar-refractivity contribution in [1.29, 1.82) is 0 Å². The van der Waals surface area contributed by atoms with Crippen molar-refractivity contribution in [3.05, 3.63) is 0 Å². The minimum absolute atomic E-state index is 0.0607. The van der Waals surface area contributed by atoms with Gasteiger partial charge in [-0.3, -0.25) is 4.79 Å². The molecule has 86 valence electrons. The first-order valence-corrected chi connectivity index (χ1v) is 5.37. The summed E-state index contributed by atoms with van der Waals surface area (Å²) < 4.78 is 5.17. The molecule has 15 heavy (non-hydrogen) atoms. The maximum Gasteiger partial charge on any atom is 0.226 e. The van der Waals surface area contributed by atoms with Gasteiger partial charge < -0.3 is 20.3 Å². The van der Waals surface area contributed by atoms with E-state index >= 15 is 0 Å². The summed E-state index contributed by atoms with van der Waals surface area (Å²) in [4.78, 5) is 11.6. The Morgan fingerprint density at radius 2 is 2.13 bits per heavy atom. The van der Waals surface area contributed by atoms with Crippen molar-refractivity contribution in [2.24, 2.45) is 5.92 Å². The fraction of sp³-hybridized carbons (Fsp3) is 0.900. The maximum atomic E-state index is 11.6. The molecule has 0 spiro atoms. The molecule has 0 aromatic heterocycles. The molecule has 2 saturated heterocycles. The standard InChI is InChI=1S/C10H17NO4/c12-6-7-5-8(9(13)11-7)10(14)1-3-15-4-2-10/h7-8,12,14H,1-6H2,(H,11,13). The number of aliphatic hydroxyl groups excluding tert-OH is 1. The van der Waals surface area contributed by atoms with E-state index in [1.165, 1.54) is 0 Å². The summed E-state index contributed by atoms with van der Waals surface area (Å²) in [7, 11) is 0. The van der Waals surface area contributed by atoms with Gasteiger partial charge in [-0.25, -0.2) is 0 Å². The zero-order chi connectivity index (χ0) is 10.9. The molecule has 5 heteroatoms. The Balaban J connectivity index is 2.06. The van der Waals surface area contributed by atoms with Crippen LogP contribution in [0.5, 0.6) is 0 Å². The van der Waals surface area contributed by atoms with Gasteiger partial charge in [0.2, 0.25) is 5.91 Å². The van der Waals surface area contributed by atoms with Gasteiger partial charge in [-0.1, -0.05) is 0 Å². The van der Waals surface area contributed by atoms with Crippen LogP contribution in [-0.2, 0) is 9.53 Å². The van der Waals surface area contributed by atoms with Crippen LogP contribution in [0, 0.1) is 5.92 Å². The Labute approximate surface area is 88.4 Å². The van der Waals surface area contributed by atoms with Crippen LogP contribution in [0.2, 0.25) is 0 Å². The molecule has 2 heterocycles. The zero-order valence-electron chi connectivity index (χ0n) is 8.61. The van der Waals surface area contributed by atoms with Crippen LogP contribution in [0.4, 0.5) is 0 Å². The van der Waals surface area contributed by atoms with Crippen molar-refractivity contribution in [1.82, 2.24) is 5.32 Å². The molecule has 0 bridgehead atoms. The number of aliphatic hydroxyl groups is 2. The second kappa shape index (κ2) is 4.08. The first-order valence-electron chi connectivity index (χ1n) is 5.37. The van der Waals surface area contributed by atoms with Gasteiger partial charge in [0.25, 0.3) is 0 Å².